The Kier molecular flexibility index (Phi) is 5.63. The lowest BCUT2D eigenvalue weighted by Crippen LogP contribution is -2.36. The average Bonchev–Trinajstić information content (AvgIpc) is 3.83. The van der Waals surface area contributed by atoms with Gasteiger partial charge in [-0.05, 0) is 105 Å². The van der Waals surface area contributed by atoms with E-state index in [9.17, 15) is 4.11 Å². The molecule has 2 heterocycles. The Hall–Kier alpha value is -7.23. The summed E-state index contributed by atoms with van der Waals surface area (Å²) >= 11 is 0. The summed E-state index contributed by atoms with van der Waals surface area (Å²) in [5.41, 5.74) is 6.97. The minimum absolute atomic E-state index is 0.0463. The standard InChI is InChI=1S/C52H35N2O/c1-3-18-38(19-4-1)53-33-14-13-28-51(53)54(39-20-5-2-6-21-39)40-30-31-48-44(35-40)42-23-9-11-25-47(42)52(48,46-26-15-17-36-16-7-8-22-41(36)46)37-29-32-50-45(34-37)43-24-10-12-27-49(43)55-50/h1-35H/q+1/i7D,8D,15D,16D,17D,22D,26D. The maximum absolute atomic E-state index is 9.85. The third-order valence-electron chi connectivity index (χ3n) is 10.9. The van der Waals surface area contributed by atoms with Gasteiger partial charge in [0.15, 0.2) is 0 Å². The molecule has 258 valence electrons. The predicted molar refractivity (Wildman–Crippen MR) is 225 cm³/mol. The lowest BCUT2D eigenvalue weighted by atomic mass is 9.66. The zero-order valence-electron chi connectivity index (χ0n) is 36.5. The maximum Gasteiger partial charge on any atom is 0.292 e. The van der Waals surface area contributed by atoms with Gasteiger partial charge < -0.3 is 4.42 Å². The molecule has 0 bridgehead atoms. The zero-order valence-corrected chi connectivity index (χ0v) is 29.5. The molecule has 8 aromatic carbocycles. The summed E-state index contributed by atoms with van der Waals surface area (Å²) in [6.45, 7) is 0. The third-order valence-corrected chi connectivity index (χ3v) is 10.9. The fourth-order valence-corrected chi connectivity index (χ4v) is 8.60. The minimum atomic E-state index is -1.40. The summed E-state index contributed by atoms with van der Waals surface area (Å²) in [6, 6.07) is 51.6. The maximum atomic E-state index is 9.85. The van der Waals surface area contributed by atoms with Crippen molar-refractivity contribution < 1.29 is 18.6 Å². The summed E-state index contributed by atoms with van der Waals surface area (Å²) in [4.78, 5) is 2.21. The number of para-hydroxylation sites is 3. The summed E-state index contributed by atoms with van der Waals surface area (Å²) in [7, 11) is 0. The van der Waals surface area contributed by atoms with Crippen LogP contribution in [-0.4, -0.2) is 0 Å². The molecule has 11 rings (SSSR count). The van der Waals surface area contributed by atoms with E-state index in [0.717, 1.165) is 61.5 Å². The number of hydrogen-bond acceptors (Lipinski definition) is 2. The van der Waals surface area contributed by atoms with Crippen LogP contribution in [0.4, 0.5) is 17.2 Å². The largest absolute Gasteiger partial charge is 0.456 e. The molecule has 0 saturated carbocycles. The van der Waals surface area contributed by atoms with E-state index in [1.165, 1.54) is 0 Å². The lowest BCUT2D eigenvalue weighted by Gasteiger charge is -2.35. The van der Waals surface area contributed by atoms with Crippen molar-refractivity contribution in [3.63, 3.8) is 0 Å². The van der Waals surface area contributed by atoms with E-state index in [4.69, 9.17) is 9.90 Å². The van der Waals surface area contributed by atoms with Crippen molar-refractivity contribution in [3.8, 4) is 16.8 Å². The minimum Gasteiger partial charge on any atom is -0.456 e. The molecular formula is C52H35N2O+. The highest BCUT2D eigenvalue weighted by molar-refractivity contribution is 6.06. The van der Waals surface area contributed by atoms with Gasteiger partial charge in [0.25, 0.3) is 5.82 Å². The number of furan rings is 1. The van der Waals surface area contributed by atoms with Gasteiger partial charge in [-0.1, -0.05) is 139 Å². The van der Waals surface area contributed by atoms with Crippen LogP contribution in [0.5, 0.6) is 0 Å². The van der Waals surface area contributed by atoms with Gasteiger partial charge in [0.05, 0.1) is 21.2 Å². The molecular weight excluding hydrogens is 669 g/mol. The Morgan fingerprint density at radius 1 is 0.491 bits per heavy atom. The quantitative estimate of drug-likeness (QED) is 0.160. The first kappa shape index (κ1) is 24.9. The molecule has 0 amide bonds. The summed E-state index contributed by atoms with van der Waals surface area (Å²) < 4.78 is 72.7. The molecule has 2 aromatic heterocycles. The predicted octanol–water partition coefficient (Wildman–Crippen LogP) is 12.8. The fourth-order valence-electron chi connectivity index (χ4n) is 8.60. The highest BCUT2D eigenvalue weighted by Crippen LogP contribution is 2.58. The second-order valence-electron chi connectivity index (χ2n) is 13.8. The number of aromatic nitrogens is 1. The van der Waals surface area contributed by atoms with Gasteiger partial charge >= 0.3 is 0 Å². The van der Waals surface area contributed by atoms with Crippen molar-refractivity contribution in [1.82, 2.24) is 0 Å². The van der Waals surface area contributed by atoms with E-state index in [1.807, 2.05) is 115 Å². The van der Waals surface area contributed by atoms with Crippen LogP contribution in [0.2, 0.25) is 0 Å². The van der Waals surface area contributed by atoms with Crippen LogP contribution in [0.15, 0.2) is 217 Å². The van der Waals surface area contributed by atoms with E-state index in [1.54, 1.807) is 0 Å². The summed E-state index contributed by atoms with van der Waals surface area (Å²) in [5, 5.41) is 1.69. The molecule has 0 radical (unpaired) electrons. The molecule has 0 fully saturated rings. The van der Waals surface area contributed by atoms with E-state index < -0.39 is 35.6 Å². The van der Waals surface area contributed by atoms with E-state index in [2.05, 4.69) is 64.1 Å². The number of fused-ring (bicyclic) bond motifs is 7. The number of rotatable bonds is 6. The first-order valence-corrected chi connectivity index (χ1v) is 18.3. The second-order valence-corrected chi connectivity index (χ2v) is 13.8. The fraction of sp³-hybridized carbons (Fsp3) is 0.0192. The topological polar surface area (TPSA) is 20.3 Å². The van der Waals surface area contributed by atoms with Crippen LogP contribution in [0.1, 0.15) is 31.8 Å². The number of nitrogens with zero attached hydrogens (tertiary/aromatic N) is 2. The molecule has 0 N–H and O–H groups in total. The van der Waals surface area contributed by atoms with Crippen LogP contribution in [0, 0.1) is 0 Å². The van der Waals surface area contributed by atoms with Crippen LogP contribution >= 0.6 is 0 Å². The third kappa shape index (κ3) is 4.73. The van der Waals surface area contributed by atoms with Gasteiger partial charge in [-0.2, -0.15) is 9.47 Å². The molecule has 0 saturated heterocycles. The first-order chi connectivity index (χ1) is 30.2. The monoisotopic (exact) mass is 710 g/mol. The molecule has 1 aliphatic rings. The Balaban J connectivity index is 1.28. The zero-order chi connectivity index (χ0) is 42.4. The molecule has 1 atom stereocenters. The average molecular weight is 711 g/mol. The molecule has 0 aliphatic heterocycles. The van der Waals surface area contributed by atoms with Crippen LogP contribution in [0.3, 0.4) is 0 Å². The SMILES string of the molecule is [2H]c1c([2H])c([2H])c2c(C3(c4ccc5oc6ccccc6c5c4)c4ccccc4-c4cc(N(c5ccccc5)c5cccc[n+]5-c5ccccc5)ccc43)c([2H])c([2H])c([2H])c2c1[2H]. The molecule has 3 heteroatoms. The molecule has 55 heavy (non-hydrogen) atoms. The molecule has 1 unspecified atom stereocenters. The number of hydrogen-bond donors (Lipinski definition) is 0. The summed E-state index contributed by atoms with van der Waals surface area (Å²) in [5.74, 6) is 0.889. The van der Waals surface area contributed by atoms with Gasteiger partial charge in [0.2, 0.25) is 0 Å². The molecule has 0 spiro atoms. The van der Waals surface area contributed by atoms with Crippen molar-refractivity contribution in [2.45, 2.75) is 5.41 Å². The Labute approximate surface area is 329 Å². The number of anilines is 3. The van der Waals surface area contributed by atoms with Crippen molar-refractivity contribution in [2.24, 2.45) is 0 Å². The van der Waals surface area contributed by atoms with Gasteiger partial charge in [-0.25, -0.2) is 0 Å². The van der Waals surface area contributed by atoms with Crippen molar-refractivity contribution in [3.05, 3.63) is 235 Å². The second kappa shape index (κ2) is 12.4. The highest BCUT2D eigenvalue weighted by Gasteiger charge is 2.47. The van der Waals surface area contributed by atoms with Crippen LogP contribution in [-0.2, 0) is 5.41 Å². The van der Waals surface area contributed by atoms with Gasteiger partial charge in [0, 0.05) is 16.8 Å². The van der Waals surface area contributed by atoms with Gasteiger partial charge in [0.1, 0.15) is 28.2 Å². The Bertz CT molecular complexity index is 3450. The van der Waals surface area contributed by atoms with Gasteiger partial charge in [-0.3, -0.25) is 0 Å². The summed E-state index contributed by atoms with van der Waals surface area (Å²) in [6.07, 6.45) is 2.04. The van der Waals surface area contributed by atoms with E-state index in [0.29, 0.717) is 11.2 Å². The highest BCUT2D eigenvalue weighted by atomic mass is 16.3. The van der Waals surface area contributed by atoms with Gasteiger partial charge in [-0.15, -0.1) is 0 Å². The lowest BCUT2D eigenvalue weighted by molar-refractivity contribution is -0.581. The Morgan fingerprint density at radius 2 is 1.22 bits per heavy atom. The van der Waals surface area contributed by atoms with E-state index in [-0.39, 0.29) is 28.4 Å². The van der Waals surface area contributed by atoms with Crippen LogP contribution in [0.25, 0.3) is 49.5 Å². The number of pyridine rings is 1. The molecule has 10 aromatic rings. The van der Waals surface area contributed by atoms with Crippen molar-refractivity contribution >= 4 is 49.9 Å². The van der Waals surface area contributed by atoms with Crippen LogP contribution < -0.4 is 9.47 Å². The van der Waals surface area contributed by atoms with E-state index >= 15 is 0 Å². The normalized spacial score (nSPS) is 16.4. The van der Waals surface area contributed by atoms with Crippen molar-refractivity contribution in [2.75, 3.05) is 4.90 Å². The molecule has 3 nitrogen and oxygen atoms in total. The number of benzene rings is 8. The van der Waals surface area contributed by atoms with Crippen molar-refractivity contribution in [1.29, 1.82) is 0 Å². The Morgan fingerprint density at radius 3 is 2.13 bits per heavy atom. The smallest absolute Gasteiger partial charge is 0.292 e. The first-order valence-electron chi connectivity index (χ1n) is 21.8. The molecule has 1 aliphatic carbocycles.